The number of benzene rings is 1. The number of carbonyl (C=O) groups excluding carboxylic acids is 1. The SMILES string of the molecule is CNS(=O)(=O)c1ccc(N2CCNC(=O)C[C@H]2C)c([N+](=O)[O-])c1. The van der Waals surface area contributed by atoms with Gasteiger partial charge in [-0.3, -0.25) is 14.9 Å². The van der Waals surface area contributed by atoms with Crippen molar-refractivity contribution in [2.75, 3.05) is 25.0 Å². The number of amides is 1. The lowest BCUT2D eigenvalue weighted by molar-refractivity contribution is -0.384. The molecule has 0 unspecified atom stereocenters. The van der Waals surface area contributed by atoms with Gasteiger partial charge in [0.15, 0.2) is 0 Å². The van der Waals surface area contributed by atoms with Crippen LogP contribution in [0, 0.1) is 10.1 Å². The van der Waals surface area contributed by atoms with Crippen molar-refractivity contribution in [2.45, 2.75) is 24.3 Å². The normalized spacial score (nSPS) is 19.1. The molecule has 0 saturated carbocycles. The highest BCUT2D eigenvalue weighted by molar-refractivity contribution is 7.89. The second-order valence-corrected chi connectivity index (χ2v) is 7.10. The smallest absolute Gasteiger partial charge is 0.293 e. The number of anilines is 1. The molecule has 1 aromatic carbocycles. The van der Waals surface area contributed by atoms with Crippen LogP contribution >= 0.6 is 0 Å². The summed E-state index contributed by atoms with van der Waals surface area (Å²) in [7, 11) is -2.53. The molecular weight excluding hydrogens is 324 g/mol. The second kappa shape index (κ2) is 6.50. The minimum atomic E-state index is -3.77. The van der Waals surface area contributed by atoms with Gasteiger partial charge in [-0.05, 0) is 26.1 Å². The van der Waals surface area contributed by atoms with Crippen LogP contribution in [0.1, 0.15) is 13.3 Å². The summed E-state index contributed by atoms with van der Waals surface area (Å²) in [5.41, 5.74) is -0.00317. The molecule has 1 atom stereocenters. The third-order valence-corrected chi connectivity index (χ3v) is 5.13. The number of nitrogens with one attached hydrogen (secondary N) is 2. The molecular formula is C13H18N4O5S. The van der Waals surface area contributed by atoms with Crippen LogP contribution in [0.4, 0.5) is 11.4 Å². The summed E-state index contributed by atoms with van der Waals surface area (Å²) in [6, 6.07) is 3.53. The standard InChI is InChI=1S/C13H18N4O5S/c1-9-7-13(18)15-5-6-16(9)11-4-3-10(23(21,22)14-2)8-12(11)17(19)20/h3-4,8-9,14H,5-7H2,1-2H3,(H,15,18)/t9-/m1/s1. The van der Waals surface area contributed by atoms with Crippen molar-refractivity contribution in [3.8, 4) is 0 Å². The molecule has 0 aliphatic carbocycles. The Labute approximate surface area is 133 Å². The Morgan fingerprint density at radius 2 is 2.13 bits per heavy atom. The van der Waals surface area contributed by atoms with E-state index in [1.807, 2.05) is 0 Å². The van der Waals surface area contributed by atoms with Crippen LogP contribution in [-0.2, 0) is 14.8 Å². The molecule has 1 heterocycles. The van der Waals surface area contributed by atoms with E-state index in [9.17, 15) is 23.3 Å². The van der Waals surface area contributed by atoms with E-state index in [2.05, 4.69) is 10.0 Å². The molecule has 2 rings (SSSR count). The number of hydrogen-bond donors (Lipinski definition) is 2. The Morgan fingerprint density at radius 1 is 1.43 bits per heavy atom. The molecule has 126 valence electrons. The molecule has 0 aromatic heterocycles. The maximum atomic E-state index is 11.8. The second-order valence-electron chi connectivity index (χ2n) is 5.21. The number of carbonyl (C=O) groups is 1. The van der Waals surface area contributed by atoms with Crippen LogP contribution in [0.25, 0.3) is 0 Å². The highest BCUT2D eigenvalue weighted by Gasteiger charge is 2.28. The predicted octanol–water partition coefficient (Wildman–Crippen LogP) is 0.218. The zero-order chi connectivity index (χ0) is 17.2. The van der Waals surface area contributed by atoms with E-state index in [0.29, 0.717) is 18.8 Å². The van der Waals surface area contributed by atoms with Gasteiger partial charge in [-0.2, -0.15) is 0 Å². The minimum absolute atomic E-state index is 0.114. The van der Waals surface area contributed by atoms with Crippen LogP contribution in [0.5, 0.6) is 0 Å². The van der Waals surface area contributed by atoms with Gasteiger partial charge in [0.25, 0.3) is 5.69 Å². The first-order valence-electron chi connectivity index (χ1n) is 7.01. The van der Waals surface area contributed by atoms with Gasteiger partial charge in [0.2, 0.25) is 15.9 Å². The maximum Gasteiger partial charge on any atom is 0.293 e. The van der Waals surface area contributed by atoms with E-state index < -0.39 is 14.9 Å². The Kier molecular flexibility index (Phi) is 4.85. The Balaban J connectivity index is 2.50. The molecule has 1 aliphatic heterocycles. The molecule has 1 aliphatic rings. The van der Waals surface area contributed by atoms with Crippen LogP contribution in [-0.4, -0.2) is 45.4 Å². The lowest BCUT2D eigenvalue weighted by Gasteiger charge is -2.28. The molecule has 1 fully saturated rings. The van der Waals surface area contributed by atoms with E-state index in [4.69, 9.17) is 0 Å². The molecule has 0 spiro atoms. The zero-order valence-corrected chi connectivity index (χ0v) is 13.6. The van der Waals surface area contributed by atoms with Crippen molar-refractivity contribution in [3.05, 3.63) is 28.3 Å². The van der Waals surface area contributed by atoms with Crippen LogP contribution in [0.3, 0.4) is 0 Å². The van der Waals surface area contributed by atoms with E-state index in [-0.39, 0.29) is 29.0 Å². The van der Waals surface area contributed by atoms with Gasteiger partial charge >= 0.3 is 0 Å². The largest absolute Gasteiger partial charge is 0.361 e. The highest BCUT2D eigenvalue weighted by atomic mass is 32.2. The van der Waals surface area contributed by atoms with Gasteiger partial charge in [-0.1, -0.05) is 0 Å². The summed E-state index contributed by atoms with van der Waals surface area (Å²) < 4.78 is 25.8. The van der Waals surface area contributed by atoms with E-state index in [0.717, 1.165) is 6.07 Å². The first kappa shape index (κ1) is 17.2. The molecule has 0 bridgehead atoms. The van der Waals surface area contributed by atoms with Crippen LogP contribution < -0.4 is 14.9 Å². The fourth-order valence-corrected chi connectivity index (χ4v) is 3.27. The summed E-state index contributed by atoms with van der Waals surface area (Å²) in [5.74, 6) is -0.114. The van der Waals surface area contributed by atoms with Gasteiger partial charge < -0.3 is 10.2 Å². The first-order valence-corrected chi connectivity index (χ1v) is 8.50. The molecule has 2 N–H and O–H groups in total. The molecule has 23 heavy (non-hydrogen) atoms. The Hall–Kier alpha value is -2.20. The number of sulfonamides is 1. The average Bonchev–Trinajstić information content (AvgIpc) is 2.66. The number of nitro groups is 1. The highest BCUT2D eigenvalue weighted by Crippen LogP contribution is 2.32. The lowest BCUT2D eigenvalue weighted by Crippen LogP contribution is -2.34. The lowest BCUT2D eigenvalue weighted by atomic mass is 10.1. The predicted molar refractivity (Wildman–Crippen MR) is 83.8 cm³/mol. The van der Waals surface area contributed by atoms with Gasteiger partial charge in [-0.25, -0.2) is 13.1 Å². The monoisotopic (exact) mass is 342 g/mol. The van der Waals surface area contributed by atoms with Crippen molar-refractivity contribution in [2.24, 2.45) is 0 Å². The van der Waals surface area contributed by atoms with E-state index in [1.54, 1.807) is 11.8 Å². The van der Waals surface area contributed by atoms with Crippen LogP contribution in [0.15, 0.2) is 23.1 Å². The molecule has 1 amide bonds. The summed E-state index contributed by atoms with van der Waals surface area (Å²) in [6.45, 7) is 2.58. The molecule has 1 saturated heterocycles. The summed E-state index contributed by atoms with van der Waals surface area (Å²) >= 11 is 0. The molecule has 1 aromatic rings. The fourth-order valence-electron chi connectivity index (χ4n) is 2.52. The number of nitro benzene ring substituents is 1. The average molecular weight is 342 g/mol. The van der Waals surface area contributed by atoms with E-state index >= 15 is 0 Å². The number of hydrogen-bond acceptors (Lipinski definition) is 6. The van der Waals surface area contributed by atoms with Gasteiger partial charge in [-0.15, -0.1) is 0 Å². The van der Waals surface area contributed by atoms with Crippen molar-refractivity contribution in [1.29, 1.82) is 0 Å². The minimum Gasteiger partial charge on any atom is -0.361 e. The summed E-state index contributed by atoms with van der Waals surface area (Å²) in [6.07, 6.45) is 0.216. The summed E-state index contributed by atoms with van der Waals surface area (Å²) in [5, 5.41) is 14.1. The third-order valence-electron chi connectivity index (χ3n) is 3.72. The first-order chi connectivity index (χ1) is 10.8. The zero-order valence-electron chi connectivity index (χ0n) is 12.8. The molecule has 0 radical (unpaired) electrons. The van der Waals surface area contributed by atoms with Crippen molar-refractivity contribution >= 4 is 27.3 Å². The number of rotatable bonds is 4. The topological polar surface area (TPSA) is 122 Å². The maximum absolute atomic E-state index is 11.8. The Bertz CT molecular complexity index is 734. The van der Waals surface area contributed by atoms with Crippen molar-refractivity contribution in [3.63, 3.8) is 0 Å². The quantitative estimate of drug-likeness (QED) is 0.596. The molecule has 9 nitrogen and oxygen atoms in total. The summed E-state index contributed by atoms with van der Waals surface area (Å²) in [4.78, 5) is 23.9. The van der Waals surface area contributed by atoms with Crippen LogP contribution in [0.2, 0.25) is 0 Å². The van der Waals surface area contributed by atoms with E-state index in [1.165, 1.54) is 19.2 Å². The van der Waals surface area contributed by atoms with Crippen molar-refractivity contribution < 1.29 is 18.1 Å². The van der Waals surface area contributed by atoms with Gasteiger partial charge in [0, 0.05) is 31.6 Å². The fraction of sp³-hybridized carbons (Fsp3) is 0.462. The Morgan fingerprint density at radius 3 is 2.74 bits per heavy atom. The van der Waals surface area contributed by atoms with Gasteiger partial charge in [0.1, 0.15) is 5.69 Å². The van der Waals surface area contributed by atoms with Gasteiger partial charge in [0.05, 0.1) is 9.82 Å². The van der Waals surface area contributed by atoms with Crippen molar-refractivity contribution in [1.82, 2.24) is 10.0 Å². The number of nitrogens with zero attached hydrogens (tertiary/aromatic N) is 2. The third kappa shape index (κ3) is 3.59. The molecule has 10 heteroatoms.